The molecule has 0 aromatic heterocycles. The van der Waals surface area contributed by atoms with Crippen molar-refractivity contribution in [3.63, 3.8) is 0 Å². The second-order valence-electron chi connectivity index (χ2n) is 6.05. The van der Waals surface area contributed by atoms with E-state index in [1.165, 1.54) is 18.2 Å². The summed E-state index contributed by atoms with van der Waals surface area (Å²) in [4.78, 5) is 24.6. The number of carboxylic acid groups (broad SMARTS) is 1. The lowest BCUT2D eigenvalue weighted by atomic mass is 9.88. The predicted octanol–water partition coefficient (Wildman–Crippen LogP) is 4.55. The Balaban J connectivity index is 2.07. The van der Waals surface area contributed by atoms with Crippen LogP contribution in [0.5, 0.6) is 0 Å². The van der Waals surface area contributed by atoms with E-state index in [1.807, 2.05) is 31.2 Å². The standard InChI is InChI=1S/C18H25NO3S/c1-2-8-16(18(21)22)23-15-12-7-6-11-14(15)19-17(20)13-9-4-3-5-10-13/h6-7,11-13,16H,2-5,8-10H2,1H3,(H,19,20)(H,21,22)/t16-/m0/s1. The topological polar surface area (TPSA) is 66.4 Å². The fraction of sp³-hybridized carbons (Fsp3) is 0.556. The van der Waals surface area contributed by atoms with Crippen molar-refractivity contribution in [3.05, 3.63) is 24.3 Å². The molecule has 0 saturated heterocycles. The lowest BCUT2D eigenvalue weighted by molar-refractivity contribution is -0.136. The third-order valence-electron chi connectivity index (χ3n) is 4.22. The molecule has 1 atom stereocenters. The van der Waals surface area contributed by atoms with Crippen molar-refractivity contribution in [2.45, 2.75) is 62.0 Å². The van der Waals surface area contributed by atoms with Gasteiger partial charge in [0.25, 0.3) is 0 Å². The molecule has 4 nitrogen and oxygen atoms in total. The minimum absolute atomic E-state index is 0.0696. The van der Waals surface area contributed by atoms with E-state index < -0.39 is 11.2 Å². The molecule has 5 heteroatoms. The molecule has 1 aromatic rings. The maximum Gasteiger partial charge on any atom is 0.316 e. The van der Waals surface area contributed by atoms with Crippen LogP contribution in [0.4, 0.5) is 5.69 Å². The highest BCUT2D eigenvalue weighted by Gasteiger charge is 2.23. The van der Waals surface area contributed by atoms with Gasteiger partial charge >= 0.3 is 5.97 Å². The van der Waals surface area contributed by atoms with Gasteiger partial charge in [-0.15, -0.1) is 11.8 Å². The second kappa shape index (κ2) is 8.96. The number of carbonyl (C=O) groups is 2. The molecule has 126 valence electrons. The Morgan fingerprint density at radius 1 is 1.26 bits per heavy atom. The minimum Gasteiger partial charge on any atom is -0.480 e. The first kappa shape index (κ1) is 17.9. The van der Waals surface area contributed by atoms with E-state index in [2.05, 4.69) is 5.32 Å². The number of aliphatic carboxylic acids is 1. The average molecular weight is 335 g/mol. The number of benzene rings is 1. The van der Waals surface area contributed by atoms with Gasteiger partial charge in [0.15, 0.2) is 0 Å². The van der Waals surface area contributed by atoms with Gasteiger partial charge in [-0.1, -0.05) is 44.7 Å². The molecular formula is C18H25NO3S. The lowest BCUT2D eigenvalue weighted by Gasteiger charge is -2.22. The summed E-state index contributed by atoms with van der Waals surface area (Å²) in [6.45, 7) is 1.98. The first-order valence-corrected chi connectivity index (χ1v) is 9.29. The van der Waals surface area contributed by atoms with Gasteiger partial charge in [-0.25, -0.2) is 0 Å². The van der Waals surface area contributed by atoms with Gasteiger partial charge in [-0.3, -0.25) is 9.59 Å². The minimum atomic E-state index is -0.801. The molecule has 0 aliphatic heterocycles. The van der Waals surface area contributed by atoms with Gasteiger partial charge in [-0.05, 0) is 31.4 Å². The SMILES string of the molecule is CCC[C@H](Sc1ccccc1NC(=O)C1CCCCC1)C(=O)O. The number of para-hydroxylation sites is 1. The van der Waals surface area contributed by atoms with E-state index >= 15 is 0 Å². The van der Waals surface area contributed by atoms with E-state index in [9.17, 15) is 14.7 Å². The number of carboxylic acids is 1. The van der Waals surface area contributed by atoms with Crippen LogP contribution in [-0.4, -0.2) is 22.2 Å². The summed E-state index contributed by atoms with van der Waals surface area (Å²) in [7, 11) is 0. The van der Waals surface area contributed by atoms with Gasteiger partial charge in [-0.2, -0.15) is 0 Å². The Morgan fingerprint density at radius 2 is 1.96 bits per heavy atom. The lowest BCUT2D eigenvalue weighted by Crippen LogP contribution is -2.25. The molecule has 0 bridgehead atoms. The Kier molecular flexibility index (Phi) is 6.96. The van der Waals surface area contributed by atoms with E-state index in [4.69, 9.17) is 0 Å². The Labute approximate surface area is 142 Å². The van der Waals surface area contributed by atoms with Crippen molar-refractivity contribution < 1.29 is 14.7 Å². The number of carbonyl (C=O) groups excluding carboxylic acids is 1. The first-order chi connectivity index (χ1) is 11.1. The van der Waals surface area contributed by atoms with Crippen LogP contribution in [0.2, 0.25) is 0 Å². The number of hydrogen-bond acceptors (Lipinski definition) is 3. The molecule has 2 rings (SSSR count). The first-order valence-electron chi connectivity index (χ1n) is 8.41. The van der Waals surface area contributed by atoms with Gasteiger partial charge in [0.05, 0.1) is 5.69 Å². The summed E-state index contributed by atoms with van der Waals surface area (Å²) in [5.74, 6) is -0.641. The fourth-order valence-corrected chi connectivity index (χ4v) is 4.08. The number of amides is 1. The van der Waals surface area contributed by atoms with E-state index in [-0.39, 0.29) is 11.8 Å². The molecule has 0 radical (unpaired) electrons. The van der Waals surface area contributed by atoms with E-state index in [0.29, 0.717) is 6.42 Å². The molecule has 1 aliphatic rings. The molecule has 1 aromatic carbocycles. The summed E-state index contributed by atoms with van der Waals surface area (Å²) < 4.78 is 0. The molecule has 0 spiro atoms. The number of thioether (sulfide) groups is 1. The monoisotopic (exact) mass is 335 g/mol. The fourth-order valence-electron chi connectivity index (χ4n) is 2.92. The molecule has 2 N–H and O–H groups in total. The number of rotatable bonds is 7. The molecule has 1 fully saturated rings. The van der Waals surface area contributed by atoms with Crippen molar-refractivity contribution in [1.82, 2.24) is 0 Å². The zero-order chi connectivity index (χ0) is 16.7. The zero-order valence-corrected chi connectivity index (χ0v) is 14.4. The Hall–Kier alpha value is -1.49. The maximum atomic E-state index is 12.4. The van der Waals surface area contributed by atoms with Crippen LogP contribution in [-0.2, 0) is 9.59 Å². The highest BCUT2D eigenvalue weighted by Crippen LogP contribution is 2.33. The molecule has 0 heterocycles. The summed E-state index contributed by atoms with van der Waals surface area (Å²) in [5.41, 5.74) is 0.732. The quantitative estimate of drug-likeness (QED) is 0.717. The number of anilines is 1. The second-order valence-corrected chi connectivity index (χ2v) is 7.30. The molecular weight excluding hydrogens is 310 g/mol. The smallest absolute Gasteiger partial charge is 0.316 e. The Morgan fingerprint density at radius 3 is 2.61 bits per heavy atom. The van der Waals surface area contributed by atoms with Crippen LogP contribution in [0.15, 0.2) is 29.2 Å². The summed E-state index contributed by atoms with van der Waals surface area (Å²) >= 11 is 1.32. The normalized spacial score (nSPS) is 16.7. The molecule has 23 heavy (non-hydrogen) atoms. The van der Waals surface area contributed by atoms with Gasteiger partial charge in [0.2, 0.25) is 5.91 Å². The largest absolute Gasteiger partial charge is 0.480 e. The van der Waals surface area contributed by atoms with Crippen LogP contribution in [0.3, 0.4) is 0 Å². The summed E-state index contributed by atoms with van der Waals surface area (Å²) in [5, 5.41) is 11.9. The van der Waals surface area contributed by atoms with Crippen LogP contribution in [0.1, 0.15) is 51.9 Å². The molecule has 0 unspecified atom stereocenters. The van der Waals surface area contributed by atoms with E-state index in [1.54, 1.807) is 0 Å². The van der Waals surface area contributed by atoms with Crippen molar-refractivity contribution in [3.8, 4) is 0 Å². The van der Waals surface area contributed by atoms with Crippen LogP contribution >= 0.6 is 11.8 Å². The highest BCUT2D eigenvalue weighted by atomic mass is 32.2. The van der Waals surface area contributed by atoms with Crippen molar-refractivity contribution in [2.24, 2.45) is 5.92 Å². The zero-order valence-electron chi connectivity index (χ0n) is 13.6. The summed E-state index contributed by atoms with van der Waals surface area (Å²) in [6.07, 6.45) is 6.79. The summed E-state index contributed by atoms with van der Waals surface area (Å²) in [6, 6.07) is 7.49. The van der Waals surface area contributed by atoms with Crippen molar-refractivity contribution >= 4 is 29.3 Å². The van der Waals surface area contributed by atoms with Crippen molar-refractivity contribution in [2.75, 3.05) is 5.32 Å². The van der Waals surface area contributed by atoms with Crippen LogP contribution in [0.25, 0.3) is 0 Å². The molecule has 1 amide bonds. The Bertz CT molecular complexity index is 541. The van der Waals surface area contributed by atoms with Crippen LogP contribution in [0, 0.1) is 5.92 Å². The van der Waals surface area contributed by atoms with Gasteiger partial charge in [0.1, 0.15) is 5.25 Å². The predicted molar refractivity (Wildman–Crippen MR) is 93.8 cm³/mol. The van der Waals surface area contributed by atoms with Crippen molar-refractivity contribution in [1.29, 1.82) is 0 Å². The van der Waals surface area contributed by atoms with Gasteiger partial charge < -0.3 is 10.4 Å². The van der Waals surface area contributed by atoms with Crippen LogP contribution < -0.4 is 5.32 Å². The maximum absolute atomic E-state index is 12.4. The van der Waals surface area contributed by atoms with E-state index in [0.717, 1.165) is 42.7 Å². The molecule has 1 aliphatic carbocycles. The molecule has 1 saturated carbocycles. The third-order valence-corrected chi connectivity index (χ3v) is 5.55. The average Bonchev–Trinajstić information content (AvgIpc) is 2.56. The number of nitrogens with one attached hydrogen (secondary N) is 1. The van der Waals surface area contributed by atoms with Gasteiger partial charge in [0, 0.05) is 10.8 Å². The number of hydrogen-bond donors (Lipinski definition) is 2. The highest BCUT2D eigenvalue weighted by molar-refractivity contribution is 8.00. The third kappa shape index (κ3) is 5.27.